The van der Waals surface area contributed by atoms with Crippen molar-refractivity contribution < 1.29 is 0 Å². The molecule has 0 aliphatic heterocycles. The third kappa shape index (κ3) is 3.05. The van der Waals surface area contributed by atoms with Crippen LogP contribution < -0.4 is 5.32 Å². The van der Waals surface area contributed by atoms with Crippen LogP contribution in [0.5, 0.6) is 0 Å². The Labute approximate surface area is 126 Å². The van der Waals surface area contributed by atoms with E-state index in [0.29, 0.717) is 6.04 Å². The number of aryl methyl sites for hydroxylation is 1. The van der Waals surface area contributed by atoms with Gasteiger partial charge in [0.25, 0.3) is 0 Å². The lowest BCUT2D eigenvalue weighted by Gasteiger charge is -2.36. The zero-order valence-electron chi connectivity index (χ0n) is 11.8. The molecule has 3 rings (SSSR count). The van der Waals surface area contributed by atoms with Gasteiger partial charge in [-0.3, -0.25) is 0 Å². The SMILES string of the molecule is Cc1ccc(C2CC(NCc3ccccc3Cl)C2)cc1. The lowest BCUT2D eigenvalue weighted by molar-refractivity contribution is 0.289. The third-order valence-corrected chi connectivity index (χ3v) is 4.59. The molecule has 0 amide bonds. The van der Waals surface area contributed by atoms with Crippen LogP contribution in [0.2, 0.25) is 5.02 Å². The minimum absolute atomic E-state index is 0.623. The van der Waals surface area contributed by atoms with Gasteiger partial charge in [0.2, 0.25) is 0 Å². The maximum Gasteiger partial charge on any atom is 0.0450 e. The zero-order valence-corrected chi connectivity index (χ0v) is 12.5. The summed E-state index contributed by atoms with van der Waals surface area (Å²) in [7, 11) is 0. The number of hydrogen-bond acceptors (Lipinski definition) is 1. The average molecular weight is 286 g/mol. The maximum atomic E-state index is 6.17. The van der Waals surface area contributed by atoms with Gasteiger partial charge in [-0.05, 0) is 42.9 Å². The van der Waals surface area contributed by atoms with E-state index in [9.17, 15) is 0 Å². The van der Waals surface area contributed by atoms with E-state index >= 15 is 0 Å². The molecule has 1 nitrogen and oxygen atoms in total. The van der Waals surface area contributed by atoms with E-state index in [1.165, 1.54) is 29.5 Å². The molecule has 1 N–H and O–H groups in total. The van der Waals surface area contributed by atoms with Gasteiger partial charge >= 0.3 is 0 Å². The molecule has 2 aromatic rings. The molecular formula is C18H20ClN. The van der Waals surface area contributed by atoms with Crippen LogP contribution in [0.3, 0.4) is 0 Å². The first kappa shape index (κ1) is 13.7. The largest absolute Gasteiger partial charge is 0.310 e. The Morgan fingerprint density at radius 1 is 1.05 bits per heavy atom. The van der Waals surface area contributed by atoms with Gasteiger partial charge in [0.1, 0.15) is 0 Å². The van der Waals surface area contributed by atoms with E-state index in [0.717, 1.165) is 17.5 Å². The summed E-state index contributed by atoms with van der Waals surface area (Å²) in [6, 6.07) is 17.6. The van der Waals surface area contributed by atoms with Crippen molar-refractivity contribution in [3.05, 3.63) is 70.2 Å². The van der Waals surface area contributed by atoms with Crippen LogP contribution in [0.4, 0.5) is 0 Å². The molecule has 2 heteroatoms. The second kappa shape index (κ2) is 5.99. The highest BCUT2D eigenvalue weighted by Gasteiger charge is 2.29. The molecule has 104 valence electrons. The van der Waals surface area contributed by atoms with Crippen LogP contribution in [-0.4, -0.2) is 6.04 Å². The summed E-state index contributed by atoms with van der Waals surface area (Å²) < 4.78 is 0. The van der Waals surface area contributed by atoms with E-state index in [1.54, 1.807) is 0 Å². The first-order valence-electron chi connectivity index (χ1n) is 7.26. The fourth-order valence-electron chi connectivity index (χ4n) is 2.79. The number of hydrogen-bond donors (Lipinski definition) is 1. The second-order valence-corrected chi connectivity index (χ2v) is 6.16. The van der Waals surface area contributed by atoms with Gasteiger partial charge in [0.15, 0.2) is 0 Å². The maximum absolute atomic E-state index is 6.17. The smallest absolute Gasteiger partial charge is 0.0450 e. The summed E-state index contributed by atoms with van der Waals surface area (Å²) in [5.74, 6) is 0.722. The standard InChI is InChI=1S/C18H20ClN/c1-13-6-8-14(9-7-13)16-10-17(11-16)20-12-15-4-2-3-5-18(15)19/h2-9,16-17,20H,10-12H2,1H3. The van der Waals surface area contributed by atoms with Crippen LogP contribution in [0.25, 0.3) is 0 Å². The second-order valence-electron chi connectivity index (χ2n) is 5.75. The molecule has 0 saturated heterocycles. The summed E-state index contributed by atoms with van der Waals surface area (Å²) >= 11 is 6.17. The number of benzene rings is 2. The quantitative estimate of drug-likeness (QED) is 0.860. The van der Waals surface area contributed by atoms with Crippen LogP contribution >= 0.6 is 11.6 Å². The van der Waals surface area contributed by atoms with Crippen LogP contribution in [0.15, 0.2) is 48.5 Å². The van der Waals surface area contributed by atoms with Crippen LogP contribution in [0.1, 0.15) is 35.4 Å². The first-order valence-corrected chi connectivity index (χ1v) is 7.63. The van der Waals surface area contributed by atoms with Gasteiger partial charge in [-0.2, -0.15) is 0 Å². The van der Waals surface area contributed by atoms with Crippen molar-refractivity contribution in [2.75, 3.05) is 0 Å². The monoisotopic (exact) mass is 285 g/mol. The number of rotatable bonds is 4. The normalized spacial score (nSPS) is 21.5. The molecule has 1 fully saturated rings. The molecule has 0 spiro atoms. The van der Waals surface area contributed by atoms with E-state index in [4.69, 9.17) is 11.6 Å². The number of nitrogens with one attached hydrogen (secondary N) is 1. The van der Waals surface area contributed by atoms with Crippen molar-refractivity contribution in [1.29, 1.82) is 0 Å². The predicted molar refractivity (Wildman–Crippen MR) is 85.2 cm³/mol. The highest BCUT2D eigenvalue weighted by atomic mass is 35.5. The van der Waals surface area contributed by atoms with Gasteiger partial charge in [-0.1, -0.05) is 59.6 Å². The Bertz CT molecular complexity index is 570. The van der Waals surface area contributed by atoms with Crippen molar-refractivity contribution in [3.63, 3.8) is 0 Å². The van der Waals surface area contributed by atoms with Gasteiger partial charge in [-0.25, -0.2) is 0 Å². The van der Waals surface area contributed by atoms with Gasteiger partial charge in [0, 0.05) is 17.6 Å². The summed E-state index contributed by atoms with van der Waals surface area (Å²) in [6.45, 7) is 3.00. The molecule has 20 heavy (non-hydrogen) atoms. The molecule has 1 saturated carbocycles. The molecule has 0 heterocycles. The first-order chi connectivity index (χ1) is 9.72. The highest BCUT2D eigenvalue weighted by molar-refractivity contribution is 6.31. The topological polar surface area (TPSA) is 12.0 Å². The minimum atomic E-state index is 0.623. The van der Waals surface area contributed by atoms with E-state index < -0.39 is 0 Å². The Morgan fingerprint density at radius 2 is 1.75 bits per heavy atom. The molecule has 0 unspecified atom stereocenters. The van der Waals surface area contributed by atoms with Crippen molar-refractivity contribution in [2.45, 2.75) is 38.3 Å². The predicted octanol–water partition coefficient (Wildman–Crippen LogP) is 4.68. The zero-order chi connectivity index (χ0) is 13.9. The van der Waals surface area contributed by atoms with Crippen molar-refractivity contribution >= 4 is 11.6 Å². The lowest BCUT2D eigenvalue weighted by atomic mass is 9.75. The summed E-state index contributed by atoms with van der Waals surface area (Å²) in [5.41, 5.74) is 4.00. The summed E-state index contributed by atoms with van der Waals surface area (Å²) in [5, 5.41) is 4.46. The van der Waals surface area contributed by atoms with E-state index in [1.807, 2.05) is 18.2 Å². The summed E-state index contributed by atoms with van der Waals surface area (Å²) in [4.78, 5) is 0. The van der Waals surface area contributed by atoms with Gasteiger partial charge < -0.3 is 5.32 Å². The Hall–Kier alpha value is -1.31. The lowest BCUT2D eigenvalue weighted by Crippen LogP contribution is -2.39. The fourth-order valence-corrected chi connectivity index (χ4v) is 2.99. The molecule has 0 aromatic heterocycles. The van der Waals surface area contributed by atoms with E-state index in [2.05, 4.69) is 42.6 Å². The third-order valence-electron chi connectivity index (χ3n) is 4.23. The van der Waals surface area contributed by atoms with Gasteiger partial charge in [0.05, 0.1) is 0 Å². The van der Waals surface area contributed by atoms with Crippen molar-refractivity contribution in [3.8, 4) is 0 Å². The molecular weight excluding hydrogens is 266 g/mol. The van der Waals surface area contributed by atoms with E-state index in [-0.39, 0.29) is 0 Å². The van der Waals surface area contributed by atoms with Crippen molar-refractivity contribution in [2.24, 2.45) is 0 Å². The highest BCUT2D eigenvalue weighted by Crippen LogP contribution is 2.37. The van der Waals surface area contributed by atoms with Crippen molar-refractivity contribution in [1.82, 2.24) is 5.32 Å². The Morgan fingerprint density at radius 3 is 2.45 bits per heavy atom. The van der Waals surface area contributed by atoms with Gasteiger partial charge in [-0.15, -0.1) is 0 Å². The minimum Gasteiger partial charge on any atom is -0.310 e. The molecule has 0 radical (unpaired) electrons. The molecule has 1 aliphatic carbocycles. The molecule has 1 aliphatic rings. The molecule has 2 aromatic carbocycles. The Balaban J connectivity index is 1.49. The average Bonchev–Trinajstić information content (AvgIpc) is 2.41. The van der Waals surface area contributed by atoms with Crippen LogP contribution in [-0.2, 0) is 6.54 Å². The fraction of sp³-hybridized carbons (Fsp3) is 0.333. The van der Waals surface area contributed by atoms with Crippen LogP contribution in [0, 0.1) is 6.92 Å². The Kier molecular flexibility index (Phi) is 4.09. The summed E-state index contributed by atoms with van der Waals surface area (Å²) in [6.07, 6.45) is 2.46. The molecule has 0 atom stereocenters. The molecule has 0 bridgehead atoms. The number of halogens is 1.